The van der Waals surface area contributed by atoms with Crippen LogP contribution in [0.3, 0.4) is 0 Å². The van der Waals surface area contributed by atoms with Gasteiger partial charge in [0.15, 0.2) is 0 Å². The van der Waals surface area contributed by atoms with Crippen LogP contribution >= 0.6 is 0 Å². The minimum absolute atomic E-state index is 0.0228. The zero-order valence-corrected chi connectivity index (χ0v) is 11.0. The Morgan fingerprint density at radius 2 is 2.17 bits per heavy atom. The maximum Gasteiger partial charge on any atom is 0.0770 e. The van der Waals surface area contributed by atoms with E-state index in [-0.39, 0.29) is 6.04 Å². The first-order valence-electron chi connectivity index (χ1n) is 6.90. The fourth-order valence-electron chi connectivity index (χ4n) is 3.10. The highest BCUT2D eigenvalue weighted by Crippen LogP contribution is 2.25. The maximum absolute atomic E-state index is 6.46. The average molecular weight is 250 g/mol. The molecule has 3 aliphatic heterocycles. The molecule has 6 heteroatoms. The molecule has 4 heterocycles. The summed E-state index contributed by atoms with van der Waals surface area (Å²) in [4.78, 5) is 5.03. The topological polar surface area (TPSA) is 63.2 Å². The predicted octanol–water partition coefficient (Wildman–Crippen LogP) is -0.312. The number of aromatic nitrogens is 3. The third-order valence-electron chi connectivity index (χ3n) is 4.16. The highest BCUT2D eigenvalue weighted by Gasteiger charge is 2.36. The molecule has 100 valence electrons. The smallest absolute Gasteiger partial charge is 0.0770 e. The lowest BCUT2D eigenvalue weighted by molar-refractivity contribution is 0.000999. The summed E-state index contributed by atoms with van der Waals surface area (Å²) < 4.78 is 1.96. The van der Waals surface area contributed by atoms with Crippen LogP contribution < -0.4 is 5.73 Å². The molecular weight excluding hydrogens is 228 g/mol. The van der Waals surface area contributed by atoms with Gasteiger partial charge in [-0.15, -0.1) is 5.10 Å². The number of hydrogen-bond acceptors (Lipinski definition) is 5. The van der Waals surface area contributed by atoms with Crippen LogP contribution in [-0.4, -0.2) is 63.6 Å². The van der Waals surface area contributed by atoms with Crippen molar-refractivity contribution in [2.75, 3.05) is 32.7 Å². The van der Waals surface area contributed by atoms with Gasteiger partial charge < -0.3 is 5.73 Å². The Morgan fingerprint density at radius 1 is 1.39 bits per heavy atom. The standard InChI is InChI=1S/C12H22N6/c1-2-3-18-10(8-14-15-18)12(13)11-9-16-4-6-17(11)7-5-16/h8,11-12H,2-7,9,13H2,1H3. The molecule has 0 spiro atoms. The second kappa shape index (κ2) is 4.95. The van der Waals surface area contributed by atoms with Crippen molar-refractivity contribution in [3.63, 3.8) is 0 Å². The van der Waals surface area contributed by atoms with E-state index in [1.807, 2.05) is 10.9 Å². The molecule has 2 bridgehead atoms. The monoisotopic (exact) mass is 250 g/mol. The van der Waals surface area contributed by atoms with Gasteiger partial charge in [0.25, 0.3) is 0 Å². The molecule has 4 rings (SSSR count). The van der Waals surface area contributed by atoms with E-state index in [4.69, 9.17) is 5.73 Å². The predicted molar refractivity (Wildman–Crippen MR) is 69.0 cm³/mol. The minimum atomic E-state index is 0.0228. The molecule has 3 aliphatic rings. The molecule has 18 heavy (non-hydrogen) atoms. The van der Waals surface area contributed by atoms with Gasteiger partial charge in [-0.05, 0) is 6.42 Å². The Bertz CT molecular complexity index is 395. The van der Waals surface area contributed by atoms with Gasteiger partial charge in [-0.1, -0.05) is 12.1 Å². The molecule has 6 nitrogen and oxygen atoms in total. The summed E-state index contributed by atoms with van der Waals surface area (Å²) in [5, 5.41) is 8.16. The quantitative estimate of drug-likeness (QED) is 0.794. The first-order chi connectivity index (χ1) is 8.79. The number of fused-ring (bicyclic) bond motifs is 3. The van der Waals surface area contributed by atoms with E-state index in [0.29, 0.717) is 6.04 Å². The van der Waals surface area contributed by atoms with Gasteiger partial charge in [0.1, 0.15) is 0 Å². The summed E-state index contributed by atoms with van der Waals surface area (Å²) in [6.45, 7) is 8.81. The summed E-state index contributed by atoms with van der Waals surface area (Å²) in [6, 6.07) is 0.441. The molecule has 3 fully saturated rings. The maximum atomic E-state index is 6.46. The number of rotatable bonds is 4. The lowest BCUT2D eigenvalue weighted by Gasteiger charge is -2.49. The van der Waals surface area contributed by atoms with Crippen LogP contribution in [0.1, 0.15) is 25.1 Å². The van der Waals surface area contributed by atoms with Crippen LogP contribution in [-0.2, 0) is 6.54 Å². The molecule has 0 amide bonds. The fraction of sp³-hybridized carbons (Fsp3) is 0.833. The zero-order valence-electron chi connectivity index (χ0n) is 11.0. The van der Waals surface area contributed by atoms with E-state index in [2.05, 4.69) is 27.0 Å². The Hall–Kier alpha value is -0.980. The molecule has 1 aromatic heterocycles. The number of nitrogens with two attached hydrogens (primary N) is 1. The normalized spacial score (nSPS) is 32.7. The van der Waals surface area contributed by atoms with E-state index >= 15 is 0 Å². The van der Waals surface area contributed by atoms with Crippen LogP contribution in [0.15, 0.2) is 6.20 Å². The van der Waals surface area contributed by atoms with Gasteiger partial charge in [0, 0.05) is 45.3 Å². The van der Waals surface area contributed by atoms with Crippen molar-refractivity contribution in [1.82, 2.24) is 24.8 Å². The van der Waals surface area contributed by atoms with Gasteiger partial charge >= 0.3 is 0 Å². The van der Waals surface area contributed by atoms with Crippen LogP contribution in [0.25, 0.3) is 0 Å². The highest BCUT2D eigenvalue weighted by molar-refractivity contribution is 5.08. The van der Waals surface area contributed by atoms with E-state index in [9.17, 15) is 0 Å². The van der Waals surface area contributed by atoms with Crippen molar-refractivity contribution in [2.45, 2.75) is 32.0 Å². The molecule has 2 atom stereocenters. The molecule has 0 saturated carbocycles. The summed E-state index contributed by atoms with van der Waals surface area (Å²) in [5.41, 5.74) is 7.54. The highest BCUT2D eigenvalue weighted by atomic mass is 15.4. The van der Waals surface area contributed by atoms with Crippen molar-refractivity contribution in [3.05, 3.63) is 11.9 Å². The van der Waals surface area contributed by atoms with Gasteiger partial charge in [0.05, 0.1) is 17.9 Å². The first kappa shape index (κ1) is 12.1. The Kier molecular flexibility index (Phi) is 3.32. The Balaban J connectivity index is 1.77. The van der Waals surface area contributed by atoms with Gasteiger partial charge in [-0.2, -0.15) is 0 Å². The second-order valence-electron chi connectivity index (χ2n) is 5.31. The molecule has 0 aromatic carbocycles. The number of hydrogen-bond donors (Lipinski definition) is 1. The van der Waals surface area contributed by atoms with Gasteiger partial charge in [-0.25, -0.2) is 4.68 Å². The molecule has 2 N–H and O–H groups in total. The second-order valence-corrected chi connectivity index (χ2v) is 5.31. The summed E-state index contributed by atoms with van der Waals surface area (Å²) in [6.07, 6.45) is 2.89. The van der Waals surface area contributed by atoms with Crippen molar-refractivity contribution in [1.29, 1.82) is 0 Å². The molecule has 1 aromatic rings. The number of piperazine rings is 3. The van der Waals surface area contributed by atoms with E-state index in [0.717, 1.165) is 38.3 Å². The SMILES string of the molecule is CCCn1nncc1C(N)C1CN2CCN1CC2. The molecule has 3 saturated heterocycles. The van der Waals surface area contributed by atoms with Crippen LogP contribution in [0.5, 0.6) is 0 Å². The van der Waals surface area contributed by atoms with Crippen LogP contribution in [0, 0.1) is 0 Å². The van der Waals surface area contributed by atoms with Crippen molar-refractivity contribution < 1.29 is 0 Å². The molecule has 0 aliphatic carbocycles. The van der Waals surface area contributed by atoms with Gasteiger partial charge in [0.2, 0.25) is 0 Å². The molecule has 0 radical (unpaired) electrons. The number of aryl methyl sites for hydroxylation is 1. The fourth-order valence-corrected chi connectivity index (χ4v) is 3.10. The number of nitrogens with zero attached hydrogens (tertiary/aromatic N) is 5. The van der Waals surface area contributed by atoms with Crippen LogP contribution in [0.2, 0.25) is 0 Å². The third-order valence-corrected chi connectivity index (χ3v) is 4.16. The molecule has 2 unspecified atom stereocenters. The summed E-state index contributed by atoms with van der Waals surface area (Å²) in [7, 11) is 0. The Labute approximate surface area is 108 Å². The van der Waals surface area contributed by atoms with E-state index in [1.54, 1.807) is 0 Å². The first-order valence-corrected chi connectivity index (χ1v) is 6.90. The van der Waals surface area contributed by atoms with E-state index < -0.39 is 0 Å². The van der Waals surface area contributed by atoms with Gasteiger partial charge in [-0.3, -0.25) is 9.80 Å². The van der Waals surface area contributed by atoms with E-state index in [1.165, 1.54) is 13.1 Å². The van der Waals surface area contributed by atoms with Crippen molar-refractivity contribution >= 4 is 0 Å². The lowest BCUT2D eigenvalue weighted by Crippen LogP contribution is -2.63. The van der Waals surface area contributed by atoms with Crippen molar-refractivity contribution in [3.8, 4) is 0 Å². The lowest BCUT2D eigenvalue weighted by atomic mass is 9.98. The Morgan fingerprint density at radius 3 is 2.78 bits per heavy atom. The zero-order chi connectivity index (χ0) is 12.5. The largest absolute Gasteiger partial charge is 0.321 e. The average Bonchev–Trinajstić information content (AvgIpc) is 2.88. The van der Waals surface area contributed by atoms with Crippen molar-refractivity contribution in [2.24, 2.45) is 5.73 Å². The van der Waals surface area contributed by atoms with Crippen LogP contribution in [0.4, 0.5) is 0 Å². The minimum Gasteiger partial charge on any atom is -0.321 e. The third kappa shape index (κ3) is 2.04. The summed E-state index contributed by atoms with van der Waals surface area (Å²) >= 11 is 0. The molecular formula is C12H22N6. The summed E-state index contributed by atoms with van der Waals surface area (Å²) in [5.74, 6) is 0.